The van der Waals surface area contributed by atoms with Crippen molar-refractivity contribution in [1.29, 1.82) is 0 Å². The molecular formula is C31H35BrN2O3. The summed E-state index contributed by atoms with van der Waals surface area (Å²) >= 11 is 3.53. The lowest BCUT2D eigenvalue weighted by atomic mass is 10.0. The highest BCUT2D eigenvalue weighted by molar-refractivity contribution is 9.10. The summed E-state index contributed by atoms with van der Waals surface area (Å²) in [6, 6.07) is 23.1. The summed E-state index contributed by atoms with van der Waals surface area (Å²) in [5.74, 6) is 0.319. The normalized spacial score (nSPS) is 14.2. The zero-order chi connectivity index (χ0) is 26.2. The van der Waals surface area contributed by atoms with E-state index in [0.717, 1.165) is 46.8 Å². The van der Waals surface area contributed by atoms with Crippen molar-refractivity contribution in [3.8, 4) is 5.75 Å². The molecule has 3 aromatic rings. The Balaban J connectivity index is 1.61. The molecule has 1 saturated carbocycles. The molecule has 0 heterocycles. The molecule has 2 amide bonds. The fourth-order valence-corrected chi connectivity index (χ4v) is 5.23. The van der Waals surface area contributed by atoms with Crippen molar-refractivity contribution in [2.75, 3.05) is 6.61 Å². The van der Waals surface area contributed by atoms with Gasteiger partial charge in [0.1, 0.15) is 11.8 Å². The maximum Gasteiger partial charge on any atom is 0.261 e. The van der Waals surface area contributed by atoms with Gasteiger partial charge < -0.3 is 15.0 Å². The van der Waals surface area contributed by atoms with E-state index in [1.54, 1.807) is 4.90 Å². The predicted molar refractivity (Wildman–Crippen MR) is 150 cm³/mol. The number of hydrogen-bond acceptors (Lipinski definition) is 3. The second kappa shape index (κ2) is 12.9. The van der Waals surface area contributed by atoms with Gasteiger partial charge in [0.2, 0.25) is 5.91 Å². The van der Waals surface area contributed by atoms with E-state index in [1.807, 2.05) is 86.6 Å². The Bertz CT molecular complexity index is 1210. The zero-order valence-corrected chi connectivity index (χ0v) is 23.2. The van der Waals surface area contributed by atoms with Crippen molar-refractivity contribution >= 4 is 27.7 Å². The molecule has 0 radical (unpaired) electrons. The van der Waals surface area contributed by atoms with E-state index in [1.165, 1.54) is 5.56 Å². The Labute approximate surface area is 228 Å². The number of benzene rings is 3. The molecule has 0 unspecified atom stereocenters. The second-order valence-electron chi connectivity index (χ2n) is 9.88. The summed E-state index contributed by atoms with van der Waals surface area (Å²) in [4.78, 5) is 29.1. The SMILES string of the molecule is Cc1ccc(OCC(=O)N(Cc2cccc(Br)c2)[C@H](Cc2ccccc2)C(=O)NC2CCCC2)cc1C. The maximum absolute atomic E-state index is 13.7. The fourth-order valence-electron chi connectivity index (χ4n) is 4.79. The van der Waals surface area contributed by atoms with Crippen LogP contribution in [0.2, 0.25) is 0 Å². The van der Waals surface area contributed by atoms with Crippen molar-refractivity contribution in [3.63, 3.8) is 0 Å². The first-order valence-corrected chi connectivity index (χ1v) is 13.8. The summed E-state index contributed by atoms with van der Waals surface area (Å²) in [5, 5.41) is 3.24. The van der Waals surface area contributed by atoms with Crippen LogP contribution in [-0.4, -0.2) is 35.4 Å². The molecule has 1 atom stereocenters. The number of nitrogens with one attached hydrogen (secondary N) is 1. The summed E-state index contributed by atoms with van der Waals surface area (Å²) < 4.78 is 6.86. The van der Waals surface area contributed by atoms with E-state index >= 15 is 0 Å². The lowest BCUT2D eigenvalue weighted by Gasteiger charge is -2.32. The van der Waals surface area contributed by atoms with Crippen LogP contribution in [0.3, 0.4) is 0 Å². The van der Waals surface area contributed by atoms with E-state index in [2.05, 4.69) is 21.2 Å². The molecule has 0 bridgehead atoms. The molecule has 4 rings (SSSR count). The van der Waals surface area contributed by atoms with Crippen LogP contribution in [-0.2, 0) is 22.6 Å². The monoisotopic (exact) mass is 562 g/mol. The number of hydrogen-bond donors (Lipinski definition) is 1. The van der Waals surface area contributed by atoms with Crippen LogP contribution >= 0.6 is 15.9 Å². The third-order valence-electron chi connectivity index (χ3n) is 7.06. The minimum absolute atomic E-state index is 0.106. The summed E-state index contributed by atoms with van der Waals surface area (Å²) in [5.41, 5.74) is 4.23. The first-order chi connectivity index (χ1) is 17.9. The smallest absolute Gasteiger partial charge is 0.261 e. The van der Waals surface area contributed by atoms with Crippen molar-refractivity contribution in [1.82, 2.24) is 10.2 Å². The molecule has 194 valence electrons. The van der Waals surface area contributed by atoms with Gasteiger partial charge in [-0.3, -0.25) is 9.59 Å². The highest BCUT2D eigenvalue weighted by atomic mass is 79.9. The van der Waals surface area contributed by atoms with E-state index in [4.69, 9.17) is 4.74 Å². The van der Waals surface area contributed by atoms with Gasteiger partial charge in [0.05, 0.1) is 0 Å². The van der Waals surface area contributed by atoms with Gasteiger partial charge in [0.25, 0.3) is 5.91 Å². The molecule has 0 spiro atoms. The van der Waals surface area contributed by atoms with Crippen LogP contribution in [0.25, 0.3) is 0 Å². The quantitative estimate of drug-likeness (QED) is 0.322. The lowest BCUT2D eigenvalue weighted by Crippen LogP contribution is -2.53. The number of halogens is 1. The van der Waals surface area contributed by atoms with Gasteiger partial charge in [0.15, 0.2) is 6.61 Å². The Kier molecular flexibility index (Phi) is 9.40. The average Bonchev–Trinajstić information content (AvgIpc) is 3.40. The maximum atomic E-state index is 13.7. The third kappa shape index (κ3) is 7.68. The largest absolute Gasteiger partial charge is 0.484 e. The zero-order valence-electron chi connectivity index (χ0n) is 21.6. The molecule has 1 fully saturated rings. The molecule has 1 aliphatic carbocycles. The Morgan fingerprint density at radius 3 is 2.38 bits per heavy atom. The van der Waals surface area contributed by atoms with Gasteiger partial charge in [-0.1, -0.05) is 77.3 Å². The number of carbonyl (C=O) groups excluding carboxylic acids is 2. The molecule has 3 aromatic carbocycles. The van der Waals surface area contributed by atoms with Gasteiger partial charge in [-0.2, -0.15) is 0 Å². The van der Waals surface area contributed by atoms with Crippen LogP contribution in [0, 0.1) is 13.8 Å². The molecule has 5 nitrogen and oxygen atoms in total. The highest BCUT2D eigenvalue weighted by Gasteiger charge is 2.32. The molecule has 37 heavy (non-hydrogen) atoms. The van der Waals surface area contributed by atoms with Crippen LogP contribution in [0.4, 0.5) is 0 Å². The minimum atomic E-state index is -0.655. The van der Waals surface area contributed by atoms with Crippen LogP contribution in [0.15, 0.2) is 77.3 Å². The standard InChI is InChI=1S/C31H35BrN2O3/c1-22-15-16-28(17-23(22)2)37-21-30(35)34(20-25-11-8-12-26(32)18-25)29(19-24-9-4-3-5-10-24)31(36)33-27-13-6-7-14-27/h3-5,8-12,15-18,27,29H,6-7,13-14,19-21H2,1-2H3,(H,33,36)/t29-/m1/s1. The fraction of sp³-hybridized carbons (Fsp3) is 0.355. The van der Waals surface area contributed by atoms with Gasteiger partial charge in [-0.15, -0.1) is 0 Å². The number of aryl methyl sites for hydroxylation is 2. The van der Waals surface area contributed by atoms with E-state index in [9.17, 15) is 9.59 Å². The first-order valence-electron chi connectivity index (χ1n) is 13.0. The van der Waals surface area contributed by atoms with Gasteiger partial charge in [-0.05, 0) is 73.2 Å². The van der Waals surface area contributed by atoms with Gasteiger partial charge in [0, 0.05) is 23.5 Å². The van der Waals surface area contributed by atoms with Crippen LogP contribution < -0.4 is 10.1 Å². The van der Waals surface area contributed by atoms with E-state index < -0.39 is 6.04 Å². The number of amides is 2. The number of nitrogens with zero attached hydrogens (tertiary/aromatic N) is 1. The molecular weight excluding hydrogens is 528 g/mol. The van der Waals surface area contributed by atoms with E-state index in [-0.39, 0.29) is 24.5 Å². The topological polar surface area (TPSA) is 58.6 Å². The van der Waals surface area contributed by atoms with E-state index in [0.29, 0.717) is 18.7 Å². The van der Waals surface area contributed by atoms with Crippen molar-refractivity contribution < 1.29 is 14.3 Å². The second-order valence-corrected chi connectivity index (χ2v) is 10.8. The summed E-state index contributed by atoms with van der Waals surface area (Å²) in [6.45, 7) is 4.23. The molecule has 6 heteroatoms. The van der Waals surface area contributed by atoms with Crippen molar-refractivity contribution in [2.45, 2.75) is 64.6 Å². The number of rotatable bonds is 10. The van der Waals surface area contributed by atoms with Gasteiger partial charge >= 0.3 is 0 Å². The van der Waals surface area contributed by atoms with Crippen LogP contribution in [0.1, 0.15) is 47.9 Å². The Morgan fingerprint density at radius 1 is 0.946 bits per heavy atom. The van der Waals surface area contributed by atoms with Crippen molar-refractivity contribution in [3.05, 3.63) is 99.5 Å². The highest BCUT2D eigenvalue weighted by Crippen LogP contribution is 2.22. The lowest BCUT2D eigenvalue weighted by molar-refractivity contribution is -0.143. The van der Waals surface area contributed by atoms with Gasteiger partial charge in [-0.25, -0.2) is 0 Å². The average molecular weight is 564 g/mol. The summed E-state index contributed by atoms with van der Waals surface area (Å²) in [6.07, 6.45) is 4.65. The van der Waals surface area contributed by atoms with Crippen LogP contribution in [0.5, 0.6) is 5.75 Å². The number of carbonyl (C=O) groups is 2. The first kappa shape index (κ1) is 26.9. The molecule has 0 aliphatic heterocycles. The van der Waals surface area contributed by atoms with Crippen molar-refractivity contribution in [2.24, 2.45) is 0 Å². The Hall–Kier alpha value is -3.12. The predicted octanol–water partition coefficient (Wildman–Crippen LogP) is 6.14. The molecule has 0 saturated heterocycles. The molecule has 1 aliphatic rings. The third-order valence-corrected chi connectivity index (χ3v) is 7.55. The molecule has 0 aromatic heterocycles. The minimum Gasteiger partial charge on any atom is -0.484 e. The number of ether oxygens (including phenoxy) is 1. The molecule has 1 N–H and O–H groups in total. The summed E-state index contributed by atoms with van der Waals surface area (Å²) in [7, 11) is 0. The Morgan fingerprint density at radius 2 is 1.68 bits per heavy atom.